The van der Waals surface area contributed by atoms with Crippen LogP contribution in [0.2, 0.25) is 0 Å². The fourth-order valence-electron chi connectivity index (χ4n) is 1.17. The first-order valence-corrected chi connectivity index (χ1v) is 3.59. The summed E-state index contributed by atoms with van der Waals surface area (Å²) in [6.45, 7) is 0.786. The Hall–Kier alpha value is -0.900. The van der Waals surface area contributed by atoms with Gasteiger partial charge >= 0.3 is 0 Å². The summed E-state index contributed by atoms with van der Waals surface area (Å²) in [6.07, 6.45) is 3.34. The third kappa shape index (κ3) is 0.939. The lowest BCUT2D eigenvalue weighted by molar-refractivity contribution is 0.0845. The Morgan fingerprint density at radius 1 is 1.73 bits per heavy atom. The zero-order valence-corrected chi connectivity index (χ0v) is 6.34. The predicted molar refractivity (Wildman–Crippen MR) is 38.9 cm³/mol. The molecule has 1 saturated heterocycles. The minimum Gasteiger partial charge on any atom is -0.340 e. The molecule has 3 nitrogen and oxygen atoms in total. The fourth-order valence-corrected chi connectivity index (χ4v) is 1.17. The Bertz CT molecular complexity index is 264. The Morgan fingerprint density at radius 2 is 2.45 bits per heavy atom. The number of rotatable bonds is 1. The Balaban J connectivity index is 2.28. The van der Waals surface area contributed by atoms with Gasteiger partial charge in [-0.2, -0.15) is 0 Å². The van der Waals surface area contributed by atoms with Gasteiger partial charge in [0, 0.05) is 26.3 Å². The van der Waals surface area contributed by atoms with Crippen molar-refractivity contribution < 1.29 is 4.39 Å². The predicted octanol–water partition coefficient (Wildman–Crippen LogP) is 0.188. The standard InChI is InChI=1S/C7H10FN3/c1-11-2-6(10-5-11)7(8)3-9-4-7/h2,5,9H,3-4H2,1H3. The van der Waals surface area contributed by atoms with Gasteiger partial charge in [-0.3, -0.25) is 0 Å². The molecular weight excluding hydrogens is 145 g/mol. The van der Waals surface area contributed by atoms with Crippen LogP contribution in [0.5, 0.6) is 0 Å². The van der Waals surface area contributed by atoms with Crippen LogP contribution < -0.4 is 5.32 Å². The first kappa shape index (κ1) is 6.79. The number of hydrogen-bond acceptors (Lipinski definition) is 2. The van der Waals surface area contributed by atoms with E-state index in [9.17, 15) is 4.39 Å². The van der Waals surface area contributed by atoms with E-state index in [1.807, 2.05) is 7.05 Å². The molecule has 1 N–H and O–H groups in total. The van der Waals surface area contributed by atoms with Gasteiger partial charge in [0.05, 0.1) is 12.0 Å². The summed E-state index contributed by atoms with van der Waals surface area (Å²) < 4.78 is 15.3. The van der Waals surface area contributed by atoms with Gasteiger partial charge < -0.3 is 9.88 Å². The van der Waals surface area contributed by atoms with Crippen molar-refractivity contribution in [3.8, 4) is 0 Å². The number of imidazole rings is 1. The number of aryl methyl sites for hydroxylation is 1. The SMILES string of the molecule is Cn1cnc(C2(F)CNC2)c1. The number of hydrogen-bond donors (Lipinski definition) is 1. The molecule has 0 atom stereocenters. The summed E-state index contributed by atoms with van der Waals surface area (Å²) in [4.78, 5) is 3.96. The molecule has 4 heteroatoms. The first-order chi connectivity index (χ1) is 5.21. The van der Waals surface area contributed by atoms with Crippen molar-refractivity contribution in [2.24, 2.45) is 7.05 Å². The number of halogens is 1. The monoisotopic (exact) mass is 155 g/mol. The van der Waals surface area contributed by atoms with E-state index in [4.69, 9.17) is 0 Å². The van der Waals surface area contributed by atoms with Crippen molar-refractivity contribution in [1.29, 1.82) is 0 Å². The zero-order chi connectivity index (χ0) is 7.90. The van der Waals surface area contributed by atoms with Crippen LogP contribution in [0.25, 0.3) is 0 Å². The van der Waals surface area contributed by atoms with Crippen molar-refractivity contribution >= 4 is 0 Å². The lowest BCUT2D eigenvalue weighted by atomic mass is 9.96. The van der Waals surface area contributed by atoms with Gasteiger partial charge in [-0.05, 0) is 0 Å². The number of nitrogens with one attached hydrogen (secondary N) is 1. The topological polar surface area (TPSA) is 29.9 Å². The minimum absolute atomic E-state index is 0.393. The minimum atomic E-state index is -1.21. The smallest absolute Gasteiger partial charge is 0.178 e. The van der Waals surface area contributed by atoms with Crippen molar-refractivity contribution in [1.82, 2.24) is 14.9 Å². The maximum absolute atomic E-state index is 13.5. The van der Waals surface area contributed by atoms with Crippen LogP contribution >= 0.6 is 0 Å². The highest BCUT2D eigenvalue weighted by molar-refractivity contribution is 5.15. The molecule has 0 bridgehead atoms. The van der Waals surface area contributed by atoms with E-state index in [0.717, 1.165) is 0 Å². The zero-order valence-electron chi connectivity index (χ0n) is 6.34. The van der Waals surface area contributed by atoms with Gasteiger partial charge in [0.2, 0.25) is 0 Å². The van der Waals surface area contributed by atoms with Crippen LogP contribution in [0.4, 0.5) is 4.39 Å². The molecule has 1 aromatic rings. The molecule has 1 aliphatic rings. The van der Waals surface area contributed by atoms with Gasteiger partial charge in [0.15, 0.2) is 5.67 Å². The largest absolute Gasteiger partial charge is 0.340 e. The van der Waals surface area contributed by atoms with Crippen molar-refractivity contribution in [3.63, 3.8) is 0 Å². The summed E-state index contributed by atoms with van der Waals surface area (Å²) in [6, 6.07) is 0. The van der Waals surface area contributed by atoms with E-state index in [0.29, 0.717) is 18.8 Å². The van der Waals surface area contributed by atoms with E-state index in [2.05, 4.69) is 10.3 Å². The Labute approximate surface area is 64.2 Å². The van der Waals surface area contributed by atoms with Crippen LogP contribution in [-0.4, -0.2) is 22.6 Å². The van der Waals surface area contributed by atoms with Crippen LogP contribution in [0.1, 0.15) is 5.69 Å². The normalized spacial score (nSPS) is 21.3. The molecule has 60 valence electrons. The molecule has 0 aromatic carbocycles. The van der Waals surface area contributed by atoms with Gasteiger partial charge in [0.25, 0.3) is 0 Å². The molecule has 1 fully saturated rings. The second kappa shape index (κ2) is 2.04. The van der Waals surface area contributed by atoms with E-state index in [-0.39, 0.29) is 0 Å². The third-order valence-electron chi connectivity index (χ3n) is 1.97. The lowest BCUT2D eigenvalue weighted by Gasteiger charge is -2.33. The highest BCUT2D eigenvalue weighted by atomic mass is 19.1. The molecule has 0 amide bonds. The first-order valence-electron chi connectivity index (χ1n) is 3.59. The maximum atomic E-state index is 13.5. The average molecular weight is 155 g/mol. The fraction of sp³-hybridized carbons (Fsp3) is 0.571. The molecule has 0 aliphatic carbocycles. The van der Waals surface area contributed by atoms with Crippen LogP contribution in [0.3, 0.4) is 0 Å². The van der Waals surface area contributed by atoms with E-state index >= 15 is 0 Å². The van der Waals surface area contributed by atoms with E-state index in [1.165, 1.54) is 0 Å². The Morgan fingerprint density at radius 3 is 2.82 bits per heavy atom. The second-order valence-corrected chi connectivity index (χ2v) is 2.99. The summed E-state index contributed by atoms with van der Waals surface area (Å²) >= 11 is 0. The Kier molecular flexibility index (Phi) is 1.26. The molecule has 0 saturated carbocycles. The van der Waals surface area contributed by atoms with Crippen LogP contribution in [0.15, 0.2) is 12.5 Å². The highest BCUT2D eigenvalue weighted by Crippen LogP contribution is 2.27. The summed E-state index contributed by atoms with van der Waals surface area (Å²) in [5, 5.41) is 2.89. The number of alkyl halides is 1. The molecule has 11 heavy (non-hydrogen) atoms. The van der Waals surface area contributed by atoms with Crippen molar-refractivity contribution in [2.45, 2.75) is 5.67 Å². The molecular formula is C7H10FN3. The van der Waals surface area contributed by atoms with Crippen LogP contribution in [0, 0.1) is 0 Å². The molecule has 2 rings (SSSR count). The van der Waals surface area contributed by atoms with Crippen LogP contribution in [-0.2, 0) is 12.7 Å². The van der Waals surface area contributed by atoms with Gasteiger partial charge in [0.1, 0.15) is 0 Å². The summed E-state index contributed by atoms with van der Waals surface area (Å²) in [5.74, 6) is 0. The molecule has 0 unspecified atom stereocenters. The highest BCUT2D eigenvalue weighted by Gasteiger charge is 2.40. The van der Waals surface area contributed by atoms with Crippen molar-refractivity contribution in [2.75, 3.05) is 13.1 Å². The van der Waals surface area contributed by atoms with Gasteiger partial charge in [-0.25, -0.2) is 9.37 Å². The van der Waals surface area contributed by atoms with Crippen molar-refractivity contribution in [3.05, 3.63) is 18.2 Å². The average Bonchev–Trinajstić information content (AvgIpc) is 2.31. The molecule has 2 heterocycles. The summed E-state index contributed by atoms with van der Waals surface area (Å²) in [7, 11) is 1.84. The van der Waals surface area contributed by atoms with E-state index in [1.54, 1.807) is 17.1 Å². The molecule has 0 spiro atoms. The molecule has 1 aliphatic heterocycles. The second-order valence-electron chi connectivity index (χ2n) is 2.99. The number of nitrogens with zero attached hydrogens (tertiary/aromatic N) is 2. The molecule has 0 radical (unpaired) electrons. The number of aromatic nitrogens is 2. The lowest BCUT2D eigenvalue weighted by Crippen LogP contribution is -2.53. The quantitative estimate of drug-likeness (QED) is 0.627. The van der Waals surface area contributed by atoms with Gasteiger partial charge in [-0.15, -0.1) is 0 Å². The summed E-state index contributed by atoms with van der Waals surface area (Å²) in [5.41, 5.74) is -0.667. The third-order valence-corrected chi connectivity index (χ3v) is 1.97. The van der Waals surface area contributed by atoms with Gasteiger partial charge in [-0.1, -0.05) is 0 Å². The van der Waals surface area contributed by atoms with E-state index < -0.39 is 5.67 Å². The molecule has 1 aromatic heterocycles. The maximum Gasteiger partial charge on any atom is 0.178 e.